The molecule has 0 saturated heterocycles. The van der Waals surface area contributed by atoms with Crippen molar-refractivity contribution >= 4 is 6.03 Å². The number of carbonyl (C=O) groups excluding carboxylic acids is 1. The molecule has 19 heavy (non-hydrogen) atoms. The van der Waals surface area contributed by atoms with Gasteiger partial charge in [0.2, 0.25) is 0 Å². The lowest BCUT2D eigenvalue weighted by Crippen LogP contribution is -2.45. The molecule has 5 nitrogen and oxygen atoms in total. The predicted molar refractivity (Wildman–Crippen MR) is 76.7 cm³/mol. The first-order valence-corrected chi connectivity index (χ1v) is 6.79. The molecule has 0 aliphatic rings. The summed E-state index contributed by atoms with van der Waals surface area (Å²) in [5, 5.41) is 9.63. The molecule has 2 amide bonds. The van der Waals surface area contributed by atoms with Crippen molar-refractivity contribution in [2.75, 3.05) is 13.1 Å². The minimum Gasteiger partial charge on any atom is -0.332 e. The molecule has 5 heteroatoms. The number of nitrogens with zero attached hydrogens (tertiary/aromatic N) is 2. The van der Waals surface area contributed by atoms with Crippen LogP contribution in [0.25, 0.3) is 0 Å². The highest BCUT2D eigenvalue weighted by Crippen LogP contribution is 2.16. The molecule has 0 aliphatic carbocycles. The van der Waals surface area contributed by atoms with Gasteiger partial charge in [0.05, 0.1) is 12.2 Å². The molecule has 2 N–H and O–H groups in total. The number of aromatic nitrogens is 2. The topological polar surface area (TPSA) is 61.0 Å². The van der Waals surface area contributed by atoms with Gasteiger partial charge in [-0.25, -0.2) is 4.79 Å². The van der Waals surface area contributed by atoms with Gasteiger partial charge in [0.15, 0.2) is 0 Å². The molecule has 0 bridgehead atoms. The molecular weight excluding hydrogens is 240 g/mol. The third kappa shape index (κ3) is 6.27. The summed E-state index contributed by atoms with van der Waals surface area (Å²) in [5.74, 6) is 0.459. The van der Waals surface area contributed by atoms with Crippen molar-refractivity contribution in [2.45, 2.75) is 41.2 Å². The summed E-state index contributed by atoms with van der Waals surface area (Å²) in [6.45, 7) is 12.7. The number of carbonyl (C=O) groups is 1. The Morgan fingerprint density at radius 1 is 1.47 bits per heavy atom. The van der Waals surface area contributed by atoms with Crippen molar-refractivity contribution in [1.82, 2.24) is 20.4 Å². The summed E-state index contributed by atoms with van der Waals surface area (Å²) < 4.78 is 0. The standard InChI is InChI=1S/C14H26N4O/c1-11(2)9-18(10-14(3,4)5)13(19)15-8-12-6-7-16-17-12/h6-7,11H,8-10H2,1-5H3,(H,15,19)(H,16,17). The lowest BCUT2D eigenvalue weighted by Gasteiger charge is -2.31. The minimum absolute atomic E-state index is 0.0155. The maximum absolute atomic E-state index is 12.2. The van der Waals surface area contributed by atoms with Gasteiger partial charge in [0, 0.05) is 19.3 Å². The molecule has 0 atom stereocenters. The molecule has 108 valence electrons. The number of hydrogen-bond donors (Lipinski definition) is 2. The first-order chi connectivity index (χ1) is 8.78. The van der Waals surface area contributed by atoms with Crippen LogP contribution in [0, 0.1) is 11.3 Å². The third-order valence-corrected chi connectivity index (χ3v) is 2.53. The zero-order valence-electron chi connectivity index (χ0n) is 12.7. The van der Waals surface area contributed by atoms with Gasteiger partial charge in [0.1, 0.15) is 0 Å². The van der Waals surface area contributed by atoms with Gasteiger partial charge < -0.3 is 10.2 Å². The van der Waals surface area contributed by atoms with E-state index in [1.165, 1.54) is 0 Å². The van der Waals surface area contributed by atoms with Crippen molar-refractivity contribution in [1.29, 1.82) is 0 Å². The highest BCUT2D eigenvalue weighted by molar-refractivity contribution is 5.74. The Balaban J connectivity index is 2.55. The summed E-state index contributed by atoms with van der Waals surface area (Å²) in [6.07, 6.45) is 1.68. The van der Waals surface area contributed by atoms with Gasteiger partial charge in [-0.1, -0.05) is 34.6 Å². The molecule has 0 spiro atoms. The fourth-order valence-corrected chi connectivity index (χ4v) is 1.90. The Morgan fingerprint density at radius 2 is 2.16 bits per heavy atom. The van der Waals surface area contributed by atoms with E-state index < -0.39 is 0 Å². The average Bonchev–Trinajstić information content (AvgIpc) is 2.75. The van der Waals surface area contributed by atoms with Crippen LogP contribution < -0.4 is 5.32 Å². The highest BCUT2D eigenvalue weighted by Gasteiger charge is 2.21. The van der Waals surface area contributed by atoms with E-state index in [1.807, 2.05) is 11.0 Å². The summed E-state index contributed by atoms with van der Waals surface area (Å²) in [5.41, 5.74) is 1.01. The maximum atomic E-state index is 12.2. The molecule has 0 fully saturated rings. The van der Waals surface area contributed by atoms with Crippen molar-refractivity contribution < 1.29 is 4.79 Å². The van der Waals surface area contributed by atoms with Gasteiger partial charge in [-0.15, -0.1) is 0 Å². The Bertz CT molecular complexity index is 379. The number of H-pyrrole nitrogens is 1. The van der Waals surface area contributed by atoms with E-state index >= 15 is 0 Å². The lowest BCUT2D eigenvalue weighted by atomic mass is 9.96. The molecule has 0 unspecified atom stereocenters. The van der Waals surface area contributed by atoms with Crippen LogP contribution in [0.2, 0.25) is 0 Å². The van der Waals surface area contributed by atoms with E-state index in [1.54, 1.807) is 6.20 Å². The molecule has 1 aromatic heterocycles. The van der Waals surface area contributed by atoms with E-state index in [9.17, 15) is 4.79 Å². The third-order valence-electron chi connectivity index (χ3n) is 2.53. The quantitative estimate of drug-likeness (QED) is 0.860. The second kappa shape index (κ2) is 6.59. The van der Waals surface area contributed by atoms with Crippen molar-refractivity contribution in [3.63, 3.8) is 0 Å². The maximum Gasteiger partial charge on any atom is 0.317 e. The Kier molecular flexibility index (Phi) is 5.39. The Labute approximate surface area is 115 Å². The second-order valence-electron chi connectivity index (χ2n) is 6.58. The number of rotatable bonds is 5. The van der Waals surface area contributed by atoms with Crippen LogP contribution in [0.5, 0.6) is 0 Å². The van der Waals surface area contributed by atoms with E-state index in [2.05, 4.69) is 50.1 Å². The van der Waals surface area contributed by atoms with Crippen LogP contribution in [0.1, 0.15) is 40.3 Å². The predicted octanol–water partition coefficient (Wildman–Crippen LogP) is 2.62. The monoisotopic (exact) mass is 266 g/mol. The number of nitrogens with one attached hydrogen (secondary N) is 2. The zero-order valence-corrected chi connectivity index (χ0v) is 12.7. The molecular formula is C14H26N4O. The van der Waals surface area contributed by atoms with Gasteiger partial charge in [-0.05, 0) is 17.4 Å². The summed E-state index contributed by atoms with van der Waals surface area (Å²) >= 11 is 0. The van der Waals surface area contributed by atoms with E-state index in [0.717, 1.165) is 18.8 Å². The summed E-state index contributed by atoms with van der Waals surface area (Å²) in [6, 6.07) is 1.84. The normalized spacial score (nSPS) is 11.7. The molecule has 1 rings (SSSR count). The van der Waals surface area contributed by atoms with Gasteiger partial charge in [-0.3, -0.25) is 5.10 Å². The minimum atomic E-state index is -0.0155. The van der Waals surface area contributed by atoms with Crippen LogP contribution in [-0.2, 0) is 6.54 Å². The summed E-state index contributed by atoms with van der Waals surface area (Å²) in [7, 11) is 0. The smallest absolute Gasteiger partial charge is 0.317 e. The molecule has 0 saturated carbocycles. The second-order valence-corrected chi connectivity index (χ2v) is 6.58. The SMILES string of the molecule is CC(C)CN(CC(C)(C)C)C(=O)NCc1ccn[nH]1. The molecule has 0 aliphatic heterocycles. The molecule has 0 radical (unpaired) electrons. The van der Waals surface area contributed by atoms with Crippen LogP contribution in [0.4, 0.5) is 4.79 Å². The number of aromatic amines is 1. The number of amides is 2. The number of hydrogen-bond acceptors (Lipinski definition) is 2. The number of urea groups is 1. The zero-order chi connectivity index (χ0) is 14.5. The molecule has 1 aromatic rings. The fourth-order valence-electron chi connectivity index (χ4n) is 1.90. The highest BCUT2D eigenvalue weighted by atomic mass is 16.2. The van der Waals surface area contributed by atoms with Crippen molar-refractivity contribution in [3.05, 3.63) is 18.0 Å². The average molecular weight is 266 g/mol. The van der Waals surface area contributed by atoms with E-state index in [0.29, 0.717) is 12.5 Å². The first-order valence-electron chi connectivity index (χ1n) is 6.79. The summed E-state index contributed by atoms with van der Waals surface area (Å²) in [4.78, 5) is 14.1. The van der Waals surface area contributed by atoms with Gasteiger partial charge >= 0.3 is 6.03 Å². The molecule has 0 aromatic carbocycles. The van der Waals surface area contributed by atoms with Crippen LogP contribution in [0.15, 0.2) is 12.3 Å². The van der Waals surface area contributed by atoms with Gasteiger partial charge in [-0.2, -0.15) is 5.10 Å². The van der Waals surface area contributed by atoms with Crippen LogP contribution in [-0.4, -0.2) is 34.2 Å². The molecule has 1 heterocycles. The fraction of sp³-hybridized carbons (Fsp3) is 0.714. The largest absolute Gasteiger partial charge is 0.332 e. The Morgan fingerprint density at radius 3 is 2.63 bits per heavy atom. The van der Waals surface area contributed by atoms with E-state index in [-0.39, 0.29) is 11.4 Å². The van der Waals surface area contributed by atoms with Crippen LogP contribution in [0.3, 0.4) is 0 Å². The lowest BCUT2D eigenvalue weighted by molar-refractivity contribution is 0.164. The van der Waals surface area contributed by atoms with Crippen molar-refractivity contribution in [2.24, 2.45) is 11.3 Å². The first kappa shape index (κ1) is 15.5. The Hall–Kier alpha value is -1.52. The van der Waals surface area contributed by atoms with Gasteiger partial charge in [0.25, 0.3) is 0 Å². The van der Waals surface area contributed by atoms with E-state index in [4.69, 9.17) is 0 Å². The van der Waals surface area contributed by atoms with Crippen molar-refractivity contribution in [3.8, 4) is 0 Å². The van der Waals surface area contributed by atoms with Crippen LogP contribution >= 0.6 is 0 Å².